The Hall–Kier alpha value is -1.26. The topological polar surface area (TPSA) is 12.0 Å². The van der Waals surface area contributed by atoms with Crippen LogP contribution in [0.5, 0.6) is 0 Å². The standard InChI is InChI=1S/C16H23N/c1-8-16(6,7)17-14(5)15-12(3)9-11(2)10-13(15)4/h1,9-10,14,17H,2-7H3. The van der Waals surface area contributed by atoms with Crippen molar-refractivity contribution >= 4 is 0 Å². The van der Waals surface area contributed by atoms with E-state index in [1.807, 2.05) is 13.8 Å². The van der Waals surface area contributed by atoms with Gasteiger partial charge in [0.05, 0.1) is 5.54 Å². The first-order chi connectivity index (χ1) is 7.76. The van der Waals surface area contributed by atoms with Gasteiger partial charge in [-0.1, -0.05) is 23.6 Å². The third-order valence-electron chi connectivity index (χ3n) is 3.11. The molecule has 1 rings (SSSR count). The van der Waals surface area contributed by atoms with E-state index in [2.05, 4.69) is 51.1 Å². The summed E-state index contributed by atoms with van der Waals surface area (Å²) in [5.74, 6) is 2.78. The van der Waals surface area contributed by atoms with Crippen molar-refractivity contribution in [2.24, 2.45) is 0 Å². The molecule has 0 aromatic heterocycles. The number of rotatable bonds is 3. The molecule has 0 fully saturated rings. The molecule has 0 saturated heterocycles. The van der Waals surface area contributed by atoms with Crippen LogP contribution in [-0.4, -0.2) is 5.54 Å². The van der Waals surface area contributed by atoms with Gasteiger partial charge in [0.2, 0.25) is 0 Å². The summed E-state index contributed by atoms with van der Waals surface area (Å²) < 4.78 is 0. The Bertz CT molecular complexity index is 426. The normalized spacial score (nSPS) is 13.2. The van der Waals surface area contributed by atoms with Crippen molar-refractivity contribution in [1.82, 2.24) is 5.32 Å². The van der Waals surface area contributed by atoms with E-state index in [4.69, 9.17) is 6.42 Å². The molecule has 0 spiro atoms. The molecule has 0 bridgehead atoms. The van der Waals surface area contributed by atoms with Crippen LogP contribution in [0.1, 0.15) is 49.1 Å². The van der Waals surface area contributed by atoms with Crippen LogP contribution < -0.4 is 5.32 Å². The maximum absolute atomic E-state index is 5.52. The Morgan fingerprint density at radius 1 is 1.18 bits per heavy atom. The second kappa shape index (κ2) is 4.94. The first kappa shape index (κ1) is 13.8. The molecule has 0 aliphatic rings. The van der Waals surface area contributed by atoms with E-state index in [1.54, 1.807) is 0 Å². The average Bonchev–Trinajstić information content (AvgIpc) is 2.14. The lowest BCUT2D eigenvalue weighted by molar-refractivity contribution is 0.429. The first-order valence-corrected chi connectivity index (χ1v) is 6.10. The maximum Gasteiger partial charge on any atom is 0.0745 e. The fourth-order valence-electron chi connectivity index (χ4n) is 2.53. The van der Waals surface area contributed by atoms with E-state index < -0.39 is 0 Å². The maximum atomic E-state index is 5.52. The average molecular weight is 229 g/mol. The summed E-state index contributed by atoms with van der Waals surface area (Å²) >= 11 is 0. The lowest BCUT2D eigenvalue weighted by Gasteiger charge is -2.27. The zero-order chi connectivity index (χ0) is 13.2. The molecule has 0 radical (unpaired) electrons. The minimum absolute atomic E-state index is 0.265. The van der Waals surface area contributed by atoms with E-state index in [-0.39, 0.29) is 11.6 Å². The molecule has 1 nitrogen and oxygen atoms in total. The van der Waals surface area contributed by atoms with Crippen LogP contribution in [0.2, 0.25) is 0 Å². The molecule has 1 aromatic carbocycles. The van der Waals surface area contributed by atoms with Crippen LogP contribution in [0, 0.1) is 33.1 Å². The fourth-order valence-corrected chi connectivity index (χ4v) is 2.53. The summed E-state index contributed by atoms with van der Waals surface area (Å²) in [5, 5.41) is 3.49. The quantitative estimate of drug-likeness (QED) is 0.780. The zero-order valence-electron chi connectivity index (χ0n) is 11.8. The van der Waals surface area contributed by atoms with E-state index in [9.17, 15) is 0 Å². The molecular formula is C16H23N. The highest BCUT2D eigenvalue weighted by atomic mass is 15.0. The molecule has 0 aliphatic heterocycles. The summed E-state index contributed by atoms with van der Waals surface area (Å²) in [7, 11) is 0. The third-order valence-corrected chi connectivity index (χ3v) is 3.11. The van der Waals surface area contributed by atoms with Gasteiger partial charge in [0.1, 0.15) is 0 Å². The third kappa shape index (κ3) is 3.35. The molecule has 17 heavy (non-hydrogen) atoms. The Morgan fingerprint density at radius 3 is 2.06 bits per heavy atom. The minimum Gasteiger partial charge on any atom is -0.295 e. The molecule has 92 valence electrons. The Morgan fingerprint density at radius 2 is 1.65 bits per heavy atom. The zero-order valence-corrected chi connectivity index (χ0v) is 11.8. The van der Waals surface area contributed by atoms with Gasteiger partial charge in [-0.15, -0.1) is 6.42 Å². The van der Waals surface area contributed by atoms with Crippen LogP contribution in [0.3, 0.4) is 0 Å². The molecule has 1 unspecified atom stereocenters. The second-order valence-electron chi connectivity index (χ2n) is 5.45. The number of hydrogen-bond acceptors (Lipinski definition) is 1. The van der Waals surface area contributed by atoms with E-state index in [0.29, 0.717) is 0 Å². The number of aryl methyl sites for hydroxylation is 3. The van der Waals surface area contributed by atoms with Crippen LogP contribution in [0.25, 0.3) is 0 Å². The Labute approximate surface area is 106 Å². The molecule has 1 atom stereocenters. The molecule has 0 aliphatic carbocycles. The molecule has 1 aromatic rings. The first-order valence-electron chi connectivity index (χ1n) is 6.10. The summed E-state index contributed by atoms with van der Waals surface area (Å²) in [4.78, 5) is 0. The number of benzene rings is 1. The smallest absolute Gasteiger partial charge is 0.0745 e. The van der Waals surface area contributed by atoms with Gasteiger partial charge < -0.3 is 0 Å². The summed E-state index contributed by atoms with van der Waals surface area (Å²) in [6, 6.07) is 4.72. The largest absolute Gasteiger partial charge is 0.295 e. The lowest BCUT2D eigenvalue weighted by Crippen LogP contribution is -2.39. The Kier molecular flexibility index (Phi) is 4.01. The number of terminal acetylenes is 1. The highest BCUT2D eigenvalue weighted by Gasteiger charge is 2.20. The summed E-state index contributed by atoms with van der Waals surface area (Å²) in [6.45, 7) is 12.7. The van der Waals surface area contributed by atoms with Crippen molar-refractivity contribution in [3.63, 3.8) is 0 Å². The van der Waals surface area contributed by atoms with Crippen molar-refractivity contribution in [2.75, 3.05) is 0 Å². The van der Waals surface area contributed by atoms with Crippen LogP contribution in [0.15, 0.2) is 12.1 Å². The summed E-state index contributed by atoms with van der Waals surface area (Å²) in [5.41, 5.74) is 5.06. The predicted molar refractivity (Wildman–Crippen MR) is 75.1 cm³/mol. The molecular weight excluding hydrogens is 206 g/mol. The van der Waals surface area contributed by atoms with Crippen molar-refractivity contribution in [1.29, 1.82) is 0 Å². The molecule has 1 heteroatoms. The Balaban J connectivity index is 3.06. The van der Waals surface area contributed by atoms with Crippen LogP contribution in [0.4, 0.5) is 0 Å². The van der Waals surface area contributed by atoms with Gasteiger partial charge in [0.25, 0.3) is 0 Å². The van der Waals surface area contributed by atoms with Crippen molar-refractivity contribution < 1.29 is 0 Å². The van der Waals surface area contributed by atoms with Crippen molar-refractivity contribution in [3.05, 3.63) is 34.4 Å². The van der Waals surface area contributed by atoms with Gasteiger partial charge >= 0.3 is 0 Å². The van der Waals surface area contributed by atoms with E-state index >= 15 is 0 Å². The van der Waals surface area contributed by atoms with Gasteiger partial charge in [-0.2, -0.15) is 0 Å². The molecule has 0 heterocycles. The minimum atomic E-state index is -0.275. The summed E-state index contributed by atoms with van der Waals surface area (Å²) in [6.07, 6.45) is 5.52. The van der Waals surface area contributed by atoms with Gasteiger partial charge in [-0.05, 0) is 58.2 Å². The van der Waals surface area contributed by atoms with Crippen LogP contribution in [-0.2, 0) is 0 Å². The number of nitrogens with one attached hydrogen (secondary N) is 1. The predicted octanol–water partition coefficient (Wildman–Crippen LogP) is 3.67. The number of hydrogen-bond donors (Lipinski definition) is 1. The second-order valence-corrected chi connectivity index (χ2v) is 5.45. The highest BCUT2D eigenvalue weighted by molar-refractivity contribution is 5.39. The lowest BCUT2D eigenvalue weighted by atomic mass is 9.93. The fraction of sp³-hybridized carbons (Fsp3) is 0.500. The van der Waals surface area contributed by atoms with Gasteiger partial charge in [-0.25, -0.2) is 0 Å². The van der Waals surface area contributed by atoms with Crippen molar-refractivity contribution in [3.8, 4) is 12.3 Å². The molecule has 0 amide bonds. The molecule has 0 saturated carbocycles. The van der Waals surface area contributed by atoms with Crippen molar-refractivity contribution in [2.45, 2.75) is 53.1 Å². The van der Waals surface area contributed by atoms with Gasteiger partial charge in [-0.3, -0.25) is 5.32 Å². The SMILES string of the molecule is C#CC(C)(C)NC(C)c1c(C)cc(C)cc1C. The van der Waals surface area contributed by atoms with E-state index in [1.165, 1.54) is 22.3 Å². The highest BCUT2D eigenvalue weighted by Crippen LogP contribution is 2.24. The van der Waals surface area contributed by atoms with Gasteiger partial charge in [0, 0.05) is 6.04 Å². The van der Waals surface area contributed by atoms with Gasteiger partial charge in [0.15, 0.2) is 0 Å². The molecule has 1 N–H and O–H groups in total. The monoisotopic (exact) mass is 229 g/mol. The van der Waals surface area contributed by atoms with Crippen LogP contribution >= 0.6 is 0 Å². The van der Waals surface area contributed by atoms with E-state index in [0.717, 1.165) is 0 Å².